The van der Waals surface area contributed by atoms with Crippen LogP contribution in [0.25, 0.3) is 0 Å². The Balaban J connectivity index is 2.06. The molecule has 1 saturated carbocycles. The van der Waals surface area contributed by atoms with Crippen LogP contribution in [0.2, 0.25) is 0 Å². The maximum absolute atomic E-state index is 11.7. The molecule has 0 radical (unpaired) electrons. The molecule has 2 atom stereocenters. The molecular formula is C9H12N2OS. The summed E-state index contributed by atoms with van der Waals surface area (Å²) >= 11 is 1.46. The minimum absolute atomic E-state index is 0.122. The van der Waals surface area contributed by atoms with Gasteiger partial charge < -0.3 is 5.73 Å². The molecule has 0 spiro atoms. The molecule has 0 saturated heterocycles. The smallest absolute Gasteiger partial charge is 0.185 e. The molecule has 1 aliphatic carbocycles. The zero-order valence-corrected chi connectivity index (χ0v) is 8.09. The van der Waals surface area contributed by atoms with Gasteiger partial charge in [0.1, 0.15) is 5.69 Å². The van der Waals surface area contributed by atoms with Crippen molar-refractivity contribution in [3.8, 4) is 0 Å². The highest BCUT2D eigenvalue weighted by molar-refractivity contribution is 7.07. The van der Waals surface area contributed by atoms with Gasteiger partial charge in [-0.05, 0) is 19.3 Å². The normalized spacial score (nSPS) is 27.8. The molecule has 0 aromatic carbocycles. The molecule has 0 amide bonds. The Morgan fingerprint density at radius 1 is 1.62 bits per heavy atom. The number of hydrogen-bond donors (Lipinski definition) is 1. The average molecular weight is 196 g/mol. The summed E-state index contributed by atoms with van der Waals surface area (Å²) in [5.74, 6) is 0.298. The third-order valence-corrected chi connectivity index (χ3v) is 3.12. The Kier molecular flexibility index (Phi) is 2.42. The van der Waals surface area contributed by atoms with Crippen LogP contribution in [0.3, 0.4) is 0 Å². The molecule has 1 aromatic heterocycles. The predicted octanol–water partition coefficient (Wildman–Crippen LogP) is 1.45. The molecule has 2 N–H and O–H groups in total. The van der Waals surface area contributed by atoms with Crippen LogP contribution in [0.1, 0.15) is 29.8 Å². The number of carbonyl (C=O) groups is 1. The Morgan fingerprint density at radius 3 is 3.00 bits per heavy atom. The van der Waals surface area contributed by atoms with Crippen molar-refractivity contribution >= 4 is 17.1 Å². The first-order valence-corrected chi connectivity index (χ1v) is 5.39. The van der Waals surface area contributed by atoms with E-state index >= 15 is 0 Å². The van der Waals surface area contributed by atoms with E-state index in [2.05, 4.69) is 4.98 Å². The molecule has 4 heteroatoms. The number of thiazole rings is 1. The summed E-state index contributed by atoms with van der Waals surface area (Å²) in [7, 11) is 0. The summed E-state index contributed by atoms with van der Waals surface area (Å²) in [4.78, 5) is 15.8. The number of nitrogens with zero attached hydrogens (tertiary/aromatic N) is 1. The van der Waals surface area contributed by atoms with E-state index in [1.807, 2.05) is 5.38 Å². The van der Waals surface area contributed by atoms with Crippen molar-refractivity contribution in [2.75, 3.05) is 0 Å². The first kappa shape index (κ1) is 8.84. The van der Waals surface area contributed by atoms with Crippen LogP contribution >= 0.6 is 11.3 Å². The zero-order chi connectivity index (χ0) is 9.26. The molecule has 70 valence electrons. The maximum Gasteiger partial charge on any atom is 0.185 e. The van der Waals surface area contributed by atoms with Crippen molar-refractivity contribution in [3.05, 3.63) is 16.6 Å². The van der Waals surface area contributed by atoms with E-state index in [0.29, 0.717) is 5.69 Å². The fourth-order valence-electron chi connectivity index (χ4n) is 1.80. The molecule has 1 heterocycles. The van der Waals surface area contributed by atoms with E-state index in [1.54, 1.807) is 5.51 Å². The van der Waals surface area contributed by atoms with E-state index in [1.165, 1.54) is 11.3 Å². The predicted molar refractivity (Wildman–Crippen MR) is 51.8 cm³/mol. The lowest BCUT2D eigenvalue weighted by Gasteiger charge is -2.04. The number of rotatable bonds is 2. The van der Waals surface area contributed by atoms with Gasteiger partial charge in [-0.1, -0.05) is 0 Å². The van der Waals surface area contributed by atoms with Crippen molar-refractivity contribution in [2.45, 2.75) is 25.3 Å². The van der Waals surface area contributed by atoms with E-state index in [4.69, 9.17) is 5.73 Å². The first-order valence-electron chi connectivity index (χ1n) is 4.45. The SMILES string of the molecule is NC1CCC(C(=O)c2cscn2)C1. The lowest BCUT2D eigenvalue weighted by Crippen LogP contribution is -2.18. The molecule has 2 rings (SSSR count). The van der Waals surface area contributed by atoms with Crippen LogP contribution in [0.5, 0.6) is 0 Å². The standard InChI is InChI=1S/C9H12N2OS/c10-7-2-1-6(3-7)9(12)8-4-13-5-11-8/h4-7H,1-3,10H2. The van der Waals surface area contributed by atoms with Crippen LogP contribution in [-0.4, -0.2) is 16.8 Å². The second-order valence-corrected chi connectivity index (χ2v) is 4.23. The number of carbonyl (C=O) groups excluding carboxylic acids is 1. The molecule has 3 nitrogen and oxygen atoms in total. The Bertz CT molecular complexity index is 297. The van der Waals surface area contributed by atoms with Gasteiger partial charge in [0.15, 0.2) is 5.78 Å². The number of aromatic nitrogens is 1. The molecule has 0 bridgehead atoms. The molecule has 13 heavy (non-hydrogen) atoms. The Labute approximate surface area is 81.0 Å². The van der Waals surface area contributed by atoms with Crippen LogP contribution in [0, 0.1) is 5.92 Å². The third kappa shape index (κ3) is 1.78. The van der Waals surface area contributed by atoms with Gasteiger partial charge >= 0.3 is 0 Å². The van der Waals surface area contributed by atoms with Crippen molar-refractivity contribution in [3.63, 3.8) is 0 Å². The summed E-state index contributed by atoms with van der Waals surface area (Å²) < 4.78 is 0. The van der Waals surface area contributed by atoms with Crippen LogP contribution < -0.4 is 5.73 Å². The first-order chi connectivity index (χ1) is 6.27. The highest BCUT2D eigenvalue weighted by atomic mass is 32.1. The fourth-order valence-corrected chi connectivity index (χ4v) is 2.34. The number of Topliss-reactive ketones (excluding diaryl/α,β-unsaturated/α-hetero) is 1. The fraction of sp³-hybridized carbons (Fsp3) is 0.556. The van der Waals surface area contributed by atoms with Gasteiger partial charge in [0.2, 0.25) is 0 Å². The van der Waals surface area contributed by atoms with Gasteiger partial charge in [0, 0.05) is 17.3 Å². The van der Waals surface area contributed by atoms with Gasteiger partial charge in [-0.15, -0.1) is 11.3 Å². The molecule has 0 aliphatic heterocycles. The summed E-state index contributed by atoms with van der Waals surface area (Å²) in [6.45, 7) is 0. The summed E-state index contributed by atoms with van der Waals surface area (Å²) in [5, 5.41) is 1.81. The molecule has 1 aliphatic rings. The molecule has 1 fully saturated rings. The Morgan fingerprint density at radius 2 is 2.46 bits per heavy atom. The third-order valence-electron chi connectivity index (χ3n) is 2.53. The van der Waals surface area contributed by atoms with Gasteiger partial charge in [-0.2, -0.15) is 0 Å². The largest absolute Gasteiger partial charge is 0.328 e. The van der Waals surface area contributed by atoms with Crippen molar-refractivity contribution in [1.29, 1.82) is 0 Å². The summed E-state index contributed by atoms with van der Waals surface area (Å²) in [6.07, 6.45) is 2.73. The summed E-state index contributed by atoms with van der Waals surface area (Å²) in [5.41, 5.74) is 8.06. The van der Waals surface area contributed by atoms with Gasteiger partial charge in [-0.3, -0.25) is 4.79 Å². The summed E-state index contributed by atoms with van der Waals surface area (Å²) in [6, 6.07) is 0.215. The van der Waals surface area contributed by atoms with Gasteiger partial charge in [-0.25, -0.2) is 4.98 Å². The van der Waals surface area contributed by atoms with Crippen LogP contribution in [0.4, 0.5) is 0 Å². The van der Waals surface area contributed by atoms with Crippen molar-refractivity contribution in [2.24, 2.45) is 11.7 Å². The van der Waals surface area contributed by atoms with Gasteiger partial charge in [0.05, 0.1) is 5.51 Å². The second-order valence-electron chi connectivity index (χ2n) is 3.51. The van der Waals surface area contributed by atoms with E-state index in [-0.39, 0.29) is 17.7 Å². The average Bonchev–Trinajstić information content (AvgIpc) is 2.72. The highest BCUT2D eigenvalue weighted by Crippen LogP contribution is 2.27. The van der Waals surface area contributed by atoms with E-state index in [9.17, 15) is 4.79 Å². The highest BCUT2D eigenvalue weighted by Gasteiger charge is 2.29. The minimum atomic E-state index is 0.122. The van der Waals surface area contributed by atoms with E-state index in [0.717, 1.165) is 19.3 Å². The zero-order valence-electron chi connectivity index (χ0n) is 7.27. The van der Waals surface area contributed by atoms with Crippen molar-refractivity contribution < 1.29 is 4.79 Å². The van der Waals surface area contributed by atoms with Crippen molar-refractivity contribution in [1.82, 2.24) is 4.98 Å². The maximum atomic E-state index is 11.7. The quantitative estimate of drug-likeness (QED) is 0.728. The van der Waals surface area contributed by atoms with E-state index < -0.39 is 0 Å². The number of ketones is 1. The lowest BCUT2D eigenvalue weighted by molar-refractivity contribution is 0.0917. The topological polar surface area (TPSA) is 56.0 Å². The second kappa shape index (κ2) is 3.55. The lowest BCUT2D eigenvalue weighted by atomic mass is 10.0. The van der Waals surface area contributed by atoms with Gasteiger partial charge in [0.25, 0.3) is 0 Å². The molecule has 1 aromatic rings. The number of nitrogens with two attached hydrogens (primary N) is 1. The monoisotopic (exact) mass is 196 g/mol. The number of hydrogen-bond acceptors (Lipinski definition) is 4. The molecule has 2 unspecified atom stereocenters. The minimum Gasteiger partial charge on any atom is -0.328 e. The molecular weight excluding hydrogens is 184 g/mol. The Hall–Kier alpha value is -0.740. The van der Waals surface area contributed by atoms with Crippen LogP contribution in [-0.2, 0) is 0 Å². The van der Waals surface area contributed by atoms with Crippen LogP contribution in [0.15, 0.2) is 10.9 Å².